The maximum absolute atomic E-state index is 11.5. The molecule has 0 aromatic heterocycles. The summed E-state index contributed by atoms with van der Waals surface area (Å²) in [4.78, 5) is 24.4. The topological polar surface area (TPSA) is 49.4 Å². The molecule has 0 saturated carbocycles. The van der Waals surface area contributed by atoms with Crippen LogP contribution in [-0.2, 0) is 9.59 Å². The van der Waals surface area contributed by atoms with Gasteiger partial charge in [0.1, 0.15) is 0 Å². The summed E-state index contributed by atoms with van der Waals surface area (Å²) in [6, 6.07) is 0. The second kappa shape index (κ2) is 2.99. The van der Waals surface area contributed by atoms with E-state index in [0.717, 1.165) is 13.1 Å². The number of carbonyl (C=O) groups is 2. The van der Waals surface area contributed by atoms with Crippen molar-refractivity contribution < 1.29 is 9.59 Å². The van der Waals surface area contributed by atoms with Crippen molar-refractivity contribution in [2.45, 2.75) is 12.5 Å². The predicted molar refractivity (Wildman–Crippen MR) is 50.5 cm³/mol. The van der Waals surface area contributed by atoms with E-state index in [1.807, 2.05) is 6.92 Å². The lowest BCUT2D eigenvalue weighted by Gasteiger charge is -2.48. The van der Waals surface area contributed by atoms with Crippen LogP contribution in [0.25, 0.3) is 0 Å². The Bertz CT molecular complexity index is 247. The zero-order chi connectivity index (χ0) is 9.47. The van der Waals surface area contributed by atoms with Crippen LogP contribution < -0.4 is 5.32 Å². The number of amides is 2. The van der Waals surface area contributed by atoms with Crippen molar-refractivity contribution in [3.05, 3.63) is 0 Å². The fraction of sp³-hybridized carbons (Fsp3) is 0.750. The maximum Gasteiger partial charge on any atom is 0.239 e. The molecule has 2 amide bonds. The van der Waals surface area contributed by atoms with Gasteiger partial charge in [-0.25, -0.2) is 0 Å². The molecule has 2 aliphatic heterocycles. The summed E-state index contributed by atoms with van der Waals surface area (Å²) in [5, 5.41) is 3.09. The number of hydrogen-bond acceptors (Lipinski definition) is 4. The molecule has 0 aromatic carbocycles. The van der Waals surface area contributed by atoms with E-state index in [0.29, 0.717) is 11.5 Å². The molecule has 0 radical (unpaired) electrons. The van der Waals surface area contributed by atoms with Gasteiger partial charge in [-0.2, -0.15) is 0 Å². The third-order valence-electron chi connectivity index (χ3n) is 2.50. The lowest BCUT2D eigenvalue weighted by atomic mass is 9.92. The number of hydrogen-bond donors (Lipinski definition) is 1. The number of thioether (sulfide) groups is 1. The summed E-state index contributed by atoms with van der Waals surface area (Å²) in [6.07, 6.45) is 0. The quantitative estimate of drug-likeness (QED) is 0.577. The molecule has 2 heterocycles. The lowest BCUT2D eigenvalue weighted by Crippen LogP contribution is -2.71. The number of imide groups is 1. The first-order valence-corrected chi connectivity index (χ1v) is 5.43. The van der Waals surface area contributed by atoms with Crippen LogP contribution in [-0.4, -0.2) is 46.8 Å². The second-order valence-corrected chi connectivity index (χ2v) is 4.70. The van der Waals surface area contributed by atoms with Crippen molar-refractivity contribution in [1.29, 1.82) is 0 Å². The molecule has 1 N–H and O–H groups in total. The van der Waals surface area contributed by atoms with Crippen molar-refractivity contribution in [3.63, 3.8) is 0 Å². The molecule has 2 saturated heterocycles. The van der Waals surface area contributed by atoms with E-state index in [-0.39, 0.29) is 17.4 Å². The van der Waals surface area contributed by atoms with Gasteiger partial charge >= 0.3 is 0 Å². The minimum atomic E-state index is -0.255. The Hall–Kier alpha value is -0.550. The molecule has 2 rings (SSSR count). The normalized spacial score (nSPS) is 27.3. The van der Waals surface area contributed by atoms with Crippen LogP contribution in [0.2, 0.25) is 0 Å². The van der Waals surface area contributed by atoms with Crippen LogP contribution in [0.1, 0.15) is 6.92 Å². The van der Waals surface area contributed by atoms with Crippen molar-refractivity contribution in [2.24, 2.45) is 0 Å². The second-order valence-electron chi connectivity index (χ2n) is 3.72. The van der Waals surface area contributed by atoms with Crippen LogP contribution in [0.15, 0.2) is 0 Å². The first kappa shape index (κ1) is 9.02. The van der Waals surface area contributed by atoms with Gasteiger partial charge in [0.15, 0.2) is 0 Å². The van der Waals surface area contributed by atoms with E-state index in [1.165, 1.54) is 16.7 Å². The molecule has 0 bridgehead atoms. The zero-order valence-corrected chi connectivity index (χ0v) is 8.32. The Kier molecular flexibility index (Phi) is 2.08. The van der Waals surface area contributed by atoms with Crippen molar-refractivity contribution >= 4 is 23.6 Å². The van der Waals surface area contributed by atoms with Gasteiger partial charge in [-0.3, -0.25) is 14.5 Å². The predicted octanol–water partition coefficient (Wildman–Crippen LogP) is -0.550. The highest BCUT2D eigenvalue weighted by atomic mass is 32.2. The highest BCUT2D eigenvalue weighted by molar-refractivity contribution is 8.00. The smallest absolute Gasteiger partial charge is 0.239 e. The molecule has 2 fully saturated rings. The molecule has 0 spiro atoms. The summed E-state index contributed by atoms with van der Waals surface area (Å²) in [6.45, 7) is 3.42. The minimum Gasteiger partial charge on any atom is -0.312 e. The van der Waals surface area contributed by atoms with E-state index in [9.17, 15) is 9.59 Å². The van der Waals surface area contributed by atoms with Gasteiger partial charge in [0.05, 0.1) is 17.0 Å². The van der Waals surface area contributed by atoms with Crippen molar-refractivity contribution in [1.82, 2.24) is 10.2 Å². The van der Waals surface area contributed by atoms with Crippen molar-refractivity contribution in [3.8, 4) is 0 Å². The lowest BCUT2D eigenvalue weighted by molar-refractivity contribution is -0.151. The Labute approximate surface area is 81.0 Å². The third kappa shape index (κ3) is 1.36. The fourth-order valence-corrected chi connectivity index (χ4v) is 2.45. The summed E-state index contributed by atoms with van der Waals surface area (Å²) in [5.74, 6) is 0.818. The highest BCUT2D eigenvalue weighted by Crippen LogP contribution is 2.25. The van der Waals surface area contributed by atoms with E-state index in [4.69, 9.17) is 0 Å². The maximum atomic E-state index is 11.5. The Morgan fingerprint density at radius 2 is 1.85 bits per heavy atom. The Balaban J connectivity index is 2.18. The monoisotopic (exact) mass is 200 g/mol. The molecule has 0 aliphatic carbocycles. The average molecular weight is 200 g/mol. The molecule has 13 heavy (non-hydrogen) atoms. The molecule has 2 aliphatic rings. The van der Waals surface area contributed by atoms with Crippen LogP contribution >= 0.6 is 11.8 Å². The van der Waals surface area contributed by atoms with E-state index >= 15 is 0 Å². The summed E-state index contributed by atoms with van der Waals surface area (Å²) in [7, 11) is 0. The number of nitrogens with zero attached hydrogens (tertiary/aromatic N) is 1. The van der Waals surface area contributed by atoms with Crippen LogP contribution in [0.3, 0.4) is 0 Å². The van der Waals surface area contributed by atoms with Crippen LogP contribution in [0.5, 0.6) is 0 Å². The Morgan fingerprint density at radius 3 is 2.23 bits per heavy atom. The fourth-order valence-electron chi connectivity index (χ4n) is 1.74. The van der Waals surface area contributed by atoms with E-state index in [1.54, 1.807) is 0 Å². The summed E-state index contributed by atoms with van der Waals surface area (Å²) >= 11 is 1.40. The molecule has 5 heteroatoms. The minimum absolute atomic E-state index is 0.0368. The standard InChI is InChI=1S/C8H12N2O2S/c1-8(4-9-5-8)10-6(11)2-13-3-7(10)12/h9H,2-5H2,1H3. The number of carbonyl (C=O) groups excluding carboxylic acids is 2. The number of nitrogens with one attached hydrogen (secondary N) is 1. The summed E-state index contributed by atoms with van der Waals surface area (Å²) < 4.78 is 0. The first-order valence-electron chi connectivity index (χ1n) is 4.28. The van der Waals surface area contributed by atoms with E-state index < -0.39 is 0 Å². The molecular formula is C8H12N2O2S. The molecular weight excluding hydrogens is 188 g/mol. The average Bonchev–Trinajstić information content (AvgIpc) is 2.01. The highest BCUT2D eigenvalue weighted by Gasteiger charge is 2.45. The Morgan fingerprint density at radius 1 is 1.31 bits per heavy atom. The van der Waals surface area contributed by atoms with Gasteiger partial charge in [0.25, 0.3) is 0 Å². The van der Waals surface area contributed by atoms with Gasteiger partial charge < -0.3 is 5.32 Å². The van der Waals surface area contributed by atoms with E-state index in [2.05, 4.69) is 5.32 Å². The van der Waals surface area contributed by atoms with Crippen LogP contribution in [0, 0.1) is 0 Å². The van der Waals surface area contributed by atoms with Gasteiger partial charge in [0.2, 0.25) is 11.8 Å². The zero-order valence-electron chi connectivity index (χ0n) is 7.50. The third-order valence-corrected chi connectivity index (χ3v) is 3.40. The van der Waals surface area contributed by atoms with Gasteiger partial charge in [-0.15, -0.1) is 11.8 Å². The summed E-state index contributed by atoms with van der Waals surface area (Å²) in [5.41, 5.74) is -0.255. The number of rotatable bonds is 1. The van der Waals surface area contributed by atoms with Gasteiger partial charge in [0, 0.05) is 13.1 Å². The van der Waals surface area contributed by atoms with Gasteiger partial charge in [-0.05, 0) is 6.92 Å². The van der Waals surface area contributed by atoms with Gasteiger partial charge in [-0.1, -0.05) is 0 Å². The molecule has 0 atom stereocenters. The molecule has 0 aromatic rings. The van der Waals surface area contributed by atoms with Crippen LogP contribution in [0.4, 0.5) is 0 Å². The largest absolute Gasteiger partial charge is 0.312 e. The molecule has 0 unspecified atom stereocenters. The van der Waals surface area contributed by atoms with Crippen molar-refractivity contribution in [2.75, 3.05) is 24.6 Å². The molecule has 4 nitrogen and oxygen atoms in total. The molecule has 72 valence electrons. The first-order chi connectivity index (χ1) is 6.13. The SMILES string of the molecule is CC1(N2C(=O)CSCC2=O)CNC1.